The van der Waals surface area contributed by atoms with Gasteiger partial charge in [-0.1, -0.05) is 13.8 Å². The van der Waals surface area contributed by atoms with Gasteiger partial charge in [0.1, 0.15) is 24.0 Å². The first kappa shape index (κ1) is 14.2. The highest BCUT2D eigenvalue weighted by atomic mass is 16.2. The van der Waals surface area contributed by atoms with Gasteiger partial charge in [0.2, 0.25) is 5.91 Å². The zero-order chi connectivity index (χ0) is 13.7. The zero-order valence-corrected chi connectivity index (χ0v) is 11.3. The molecule has 100 valence electrons. The van der Waals surface area contributed by atoms with Gasteiger partial charge in [-0.2, -0.15) is 0 Å². The average Bonchev–Trinajstić information content (AvgIpc) is 2.31. The van der Waals surface area contributed by atoms with E-state index in [1.165, 1.54) is 6.33 Å². The van der Waals surface area contributed by atoms with Gasteiger partial charge >= 0.3 is 0 Å². The molecule has 0 aliphatic rings. The molecule has 0 spiro atoms. The van der Waals surface area contributed by atoms with Crippen LogP contribution in [0.1, 0.15) is 26.3 Å². The Hall–Kier alpha value is -1.85. The van der Waals surface area contributed by atoms with E-state index in [1.54, 1.807) is 6.92 Å². The summed E-state index contributed by atoms with van der Waals surface area (Å²) in [5.74, 6) is 1.38. The molecule has 0 saturated carbocycles. The molecule has 18 heavy (non-hydrogen) atoms. The van der Waals surface area contributed by atoms with Gasteiger partial charge in [0.15, 0.2) is 0 Å². The van der Waals surface area contributed by atoms with E-state index in [4.69, 9.17) is 5.73 Å². The van der Waals surface area contributed by atoms with Gasteiger partial charge < -0.3 is 16.4 Å². The van der Waals surface area contributed by atoms with Crippen LogP contribution in [0.5, 0.6) is 0 Å². The lowest BCUT2D eigenvalue weighted by molar-refractivity contribution is -0.121. The molecule has 1 aromatic rings. The molecular formula is C12H21N5O. The second-order valence-corrected chi connectivity index (χ2v) is 4.74. The summed E-state index contributed by atoms with van der Waals surface area (Å²) in [6.07, 6.45) is 1.38. The van der Waals surface area contributed by atoms with Crippen molar-refractivity contribution in [1.82, 2.24) is 15.3 Å². The van der Waals surface area contributed by atoms with Crippen molar-refractivity contribution in [2.24, 2.45) is 5.92 Å². The number of carbonyl (C=O) groups is 1. The van der Waals surface area contributed by atoms with Crippen LogP contribution in [-0.2, 0) is 4.79 Å². The van der Waals surface area contributed by atoms with Gasteiger partial charge in [0.05, 0.1) is 0 Å². The third-order valence-electron chi connectivity index (χ3n) is 2.55. The first-order chi connectivity index (χ1) is 8.41. The number of aromatic nitrogens is 2. The molecule has 0 aliphatic carbocycles. The van der Waals surface area contributed by atoms with Crippen molar-refractivity contribution in [3.8, 4) is 0 Å². The van der Waals surface area contributed by atoms with Crippen LogP contribution in [0.2, 0.25) is 0 Å². The van der Waals surface area contributed by atoms with Crippen LogP contribution in [0.3, 0.4) is 0 Å². The molecule has 1 aromatic heterocycles. The summed E-state index contributed by atoms with van der Waals surface area (Å²) in [4.78, 5) is 19.8. The lowest BCUT2D eigenvalue weighted by Crippen LogP contribution is -2.39. The number of nitrogens with two attached hydrogens (primary N) is 1. The maximum Gasteiger partial charge on any atom is 0.242 e. The normalized spacial score (nSPS) is 12.3. The zero-order valence-electron chi connectivity index (χ0n) is 11.3. The van der Waals surface area contributed by atoms with E-state index < -0.39 is 0 Å². The van der Waals surface area contributed by atoms with Crippen molar-refractivity contribution in [3.63, 3.8) is 0 Å². The van der Waals surface area contributed by atoms with E-state index >= 15 is 0 Å². The molecule has 0 fully saturated rings. The molecule has 0 radical (unpaired) electrons. The van der Waals surface area contributed by atoms with Gasteiger partial charge in [-0.15, -0.1) is 0 Å². The predicted molar refractivity (Wildman–Crippen MR) is 72.1 cm³/mol. The average molecular weight is 251 g/mol. The number of nitrogens with zero attached hydrogens (tertiary/aromatic N) is 2. The maximum absolute atomic E-state index is 11.8. The van der Waals surface area contributed by atoms with Gasteiger partial charge in [-0.05, 0) is 19.8 Å². The molecule has 0 aliphatic heterocycles. The maximum atomic E-state index is 11.8. The minimum Gasteiger partial charge on any atom is -0.383 e. The van der Waals surface area contributed by atoms with Crippen LogP contribution in [0.4, 0.5) is 11.6 Å². The Morgan fingerprint density at radius 2 is 2.06 bits per heavy atom. The Morgan fingerprint density at radius 1 is 1.39 bits per heavy atom. The summed E-state index contributed by atoms with van der Waals surface area (Å²) in [7, 11) is 0. The third kappa shape index (κ3) is 3.87. The topological polar surface area (TPSA) is 92.9 Å². The number of hydrogen-bond acceptors (Lipinski definition) is 5. The Kier molecular flexibility index (Phi) is 4.88. The molecule has 0 aromatic carbocycles. The second-order valence-electron chi connectivity index (χ2n) is 4.74. The third-order valence-corrected chi connectivity index (χ3v) is 2.55. The number of hydrogen-bond donors (Lipinski definition) is 3. The fourth-order valence-electron chi connectivity index (χ4n) is 1.34. The van der Waals surface area contributed by atoms with Gasteiger partial charge in [-0.3, -0.25) is 4.79 Å². The first-order valence-corrected chi connectivity index (χ1v) is 6.03. The van der Waals surface area contributed by atoms with Crippen molar-refractivity contribution in [3.05, 3.63) is 11.9 Å². The fourth-order valence-corrected chi connectivity index (χ4v) is 1.34. The molecule has 0 bridgehead atoms. The molecule has 1 unspecified atom stereocenters. The number of nitrogens with one attached hydrogen (secondary N) is 2. The van der Waals surface area contributed by atoms with E-state index in [-0.39, 0.29) is 11.9 Å². The smallest absolute Gasteiger partial charge is 0.242 e. The van der Waals surface area contributed by atoms with E-state index in [0.717, 1.165) is 5.56 Å². The molecule has 1 rings (SSSR count). The summed E-state index contributed by atoms with van der Waals surface area (Å²) >= 11 is 0. The first-order valence-electron chi connectivity index (χ1n) is 6.03. The second kappa shape index (κ2) is 6.18. The van der Waals surface area contributed by atoms with Crippen molar-refractivity contribution < 1.29 is 4.79 Å². The number of rotatable bonds is 5. The van der Waals surface area contributed by atoms with Crippen LogP contribution in [-0.4, -0.2) is 28.5 Å². The van der Waals surface area contributed by atoms with Crippen LogP contribution < -0.4 is 16.4 Å². The molecule has 1 atom stereocenters. The number of nitrogen functional groups attached to an aromatic ring is 1. The van der Waals surface area contributed by atoms with Gasteiger partial charge in [0.25, 0.3) is 0 Å². The summed E-state index contributed by atoms with van der Waals surface area (Å²) in [6, 6.07) is -0.364. The van der Waals surface area contributed by atoms with Crippen LogP contribution in [0.25, 0.3) is 0 Å². The minimum atomic E-state index is -0.364. The summed E-state index contributed by atoms with van der Waals surface area (Å²) < 4.78 is 0. The Bertz CT molecular complexity index is 419. The highest BCUT2D eigenvalue weighted by Gasteiger charge is 2.14. The number of amides is 1. The Morgan fingerprint density at radius 3 is 2.67 bits per heavy atom. The van der Waals surface area contributed by atoms with Crippen LogP contribution >= 0.6 is 0 Å². The Labute approximate surface area is 107 Å². The van der Waals surface area contributed by atoms with E-state index in [0.29, 0.717) is 24.1 Å². The lowest BCUT2D eigenvalue weighted by Gasteiger charge is -2.17. The molecule has 1 heterocycles. The van der Waals surface area contributed by atoms with Crippen molar-refractivity contribution in [2.75, 3.05) is 17.6 Å². The lowest BCUT2D eigenvalue weighted by atomic mass is 10.2. The highest BCUT2D eigenvalue weighted by Crippen LogP contribution is 2.15. The molecule has 4 N–H and O–H groups in total. The minimum absolute atomic E-state index is 0.0553. The number of anilines is 2. The predicted octanol–water partition coefficient (Wildman–Crippen LogP) is 0.940. The van der Waals surface area contributed by atoms with Crippen LogP contribution in [0.15, 0.2) is 6.33 Å². The summed E-state index contributed by atoms with van der Waals surface area (Å²) in [5.41, 5.74) is 6.43. The molecule has 6 heteroatoms. The molecular weight excluding hydrogens is 230 g/mol. The Balaban J connectivity index is 2.61. The van der Waals surface area contributed by atoms with Crippen molar-refractivity contribution >= 4 is 17.5 Å². The van der Waals surface area contributed by atoms with Gasteiger partial charge in [-0.25, -0.2) is 9.97 Å². The molecule has 0 saturated heterocycles. The van der Waals surface area contributed by atoms with Crippen LogP contribution in [0, 0.1) is 12.8 Å². The summed E-state index contributed by atoms with van der Waals surface area (Å²) in [6.45, 7) is 8.36. The van der Waals surface area contributed by atoms with Gasteiger partial charge in [0, 0.05) is 12.1 Å². The quantitative estimate of drug-likeness (QED) is 0.724. The molecule has 6 nitrogen and oxygen atoms in total. The van der Waals surface area contributed by atoms with Crippen molar-refractivity contribution in [1.29, 1.82) is 0 Å². The van der Waals surface area contributed by atoms with E-state index in [2.05, 4.69) is 20.6 Å². The standard InChI is InChI=1S/C12H21N5O/c1-7(2)5-14-12(18)9(4)17-11-8(3)10(13)15-6-16-11/h6-7,9H,5H2,1-4H3,(H,14,18)(H3,13,15,16,17). The van der Waals surface area contributed by atoms with E-state index in [1.807, 2.05) is 20.8 Å². The largest absolute Gasteiger partial charge is 0.383 e. The van der Waals surface area contributed by atoms with E-state index in [9.17, 15) is 4.79 Å². The SMILES string of the molecule is Cc1c(N)ncnc1NC(C)C(=O)NCC(C)C. The highest BCUT2D eigenvalue weighted by molar-refractivity contribution is 5.84. The number of carbonyl (C=O) groups excluding carboxylic acids is 1. The monoisotopic (exact) mass is 251 g/mol. The van der Waals surface area contributed by atoms with Crippen molar-refractivity contribution in [2.45, 2.75) is 33.7 Å². The summed E-state index contributed by atoms with van der Waals surface area (Å²) in [5, 5.41) is 5.89. The molecule has 1 amide bonds. The fraction of sp³-hybridized carbons (Fsp3) is 0.583.